The van der Waals surface area contributed by atoms with Gasteiger partial charge in [-0.3, -0.25) is 4.90 Å². The van der Waals surface area contributed by atoms with Gasteiger partial charge in [-0.15, -0.1) is 0 Å². The summed E-state index contributed by atoms with van der Waals surface area (Å²) in [6, 6.07) is 0. The Balaban J connectivity index is 2.09. The summed E-state index contributed by atoms with van der Waals surface area (Å²) in [5.41, 5.74) is 6.16. The van der Waals surface area contributed by atoms with Crippen molar-refractivity contribution in [2.45, 2.75) is 50.7 Å². The molecule has 0 amide bonds. The van der Waals surface area contributed by atoms with Crippen LogP contribution in [0.3, 0.4) is 0 Å². The largest absolute Gasteiger partial charge is 0.376 e. The summed E-state index contributed by atoms with van der Waals surface area (Å²) < 4.78 is 5.73. The fraction of sp³-hybridized carbons (Fsp3) is 1.00. The Bertz CT molecular complexity index is 202. The highest BCUT2D eigenvalue weighted by Crippen LogP contribution is 2.32. The molecule has 0 aromatic carbocycles. The fourth-order valence-electron chi connectivity index (χ4n) is 3.10. The van der Waals surface area contributed by atoms with Crippen molar-refractivity contribution in [2.24, 2.45) is 5.73 Å². The molecule has 2 fully saturated rings. The molecule has 2 N–H and O–H groups in total. The lowest BCUT2D eigenvalue weighted by Gasteiger charge is -2.42. The van der Waals surface area contributed by atoms with Gasteiger partial charge < -0.3 is 10.5 Å². The smallest absolute Gasteiger partial charge is 0.0743 e. The predicted molar refractivity (Wildman–Crippen MR) is 61.9 cm³/mol. The molecular weight excluding hydrogens is 188 g/mol. The summed E-state index contributed by atoms with van der Waals surface area (Å²) in [6.07, 6.45) is 6.84. The number of nitrogens with two attached hydrogens (primary N) is 1. The van der Waals surface area contributed by atoms with Gasteiger partial charge in [0.05, 0.1) is 11.6 Å². The van der Waals surface area contributed by atoms with Crippen LogP contribution < -0.4 is 5.73 Å². The minimum absolute atomic E-state index is 0.143. The van der Waals surface area contributed by atoms with Gasteiger partial charge in [-0.2, -0.15) is 0 Å². The van der Waals surface area contributed by atoms with Crippen molar-refractivity contribution in [1.29, 1.82) is 0 Å². The quantitative estimate of drug-likeness (QED) is 0.751. The van der Waals surface area contributed by atoms with Crippen LogP contribution in [-0.2, 0) is 4.74 Å². The number of likely N-dealkylation sites (tertiary alicyclic amines) is 1. The normalized spacial score (nSPS) is 39.2. The van der Waals surface area contributed by atoms with Crippen molar-refractivity contribution in [1.82, 2.24) is 4.90 Å². The Morgan fingerprint density at radius 2 is 1.93 bits per heavy atom. The van der Waals surface area contributed by atoms with E-state index in [-0.39, 0.29) is 5.54 Å². The van der Waals surface area contributed by atoms with E-state index in [1.54, 1.807) is 0 Å². The molecule has 0 radical (unpaired) electrons. The zero-order valence-corrected chi connectivity index (χ0v) is 9.87. The van der Waals surface area contributed by atoms with Gasteiger partial charge in [-0.25, -0.2) is 0 Å². The van der Waals surface area contributed by atoms with E-state index in [9.17, 15) is 0 Å². The number of ether oxygens (including phenoxy) is 1. The van der Waals surface area contributed by atoms with Crippen LogP contribution in [0.4, 0.5) is 0 Å². The second kappa shape index (κ2) is 4.81. The minimum atomic E-state index is 0.143. The van der Waals surface area contributed by atoms with E-state index in [1.165, 1.54) is 38.8 Å². The monoisotopic (exact) mass is 212 g/mol. The number of nitrogens with zero attached hydrogens (tertiary/aromatic N) is 1. The summed E-state index contributed by atoms with van der Waals surface area (Å²) >= 11 is 0. The molecular formula is C12H24N2O. The van der Waals surface area contributed by atoms with Crippen molar-refractivity contribution in [3.8, 4) is 0 Å². The summed E-state index contributed by atoms with van der Waals surface area (Å²) in [4.78, 5) is 2.61. The molecule has 3 heteroatoms. The highest BCUT2D eigenvalue weighted by molar-refractivity contribution is 5.00. The van der Waals surface area contributed by atoms with Crippen LogP contribution in [0, 0.1) is 0 Å². The summed E-state index contributed by atoms with van der Waals surface area (Å²) in [7, 11) is 0. The molecule has 2 aliphatic heterocycles. The molecule has 0 saturated carbocycles. The number of hydrogen-bond donors (Lipinski definition) is 1. The molecule has 2 saturated heterocycles. The maximum atomic E-state index is 6.02. The van der Waals surface area contributed by atoms with Gasteiger partial charge in [0.15, 0.2) is 0 Å². The zero-order chi connectivity index (χ0) is 10.7. The van der Waals surface area contributed by atoms with E-state index in [4.69, 9.17) is 10.5 Å². The van der Waals surface area contributed by atoms with E-state index in [0.717, 1.165) is 19.6 Å². The molecule has 88 valence electrons. The first-order valence-corrected chi connectivity index (χ1v) is 6.36. The Labute approximate surface area is 93.0 Å². The van der Waals surface area contributed by atoms with Crippen molar-refractivity contribution in [3.05, 3.63) is 0 Å². The van der Waals surface area contributed by atoms with Crippen molar-refractivity contribution in [2.75, 3.05) is 26.2 Å². The number of hydrogen-bond acceptors (Lipinski definition) is 3. The molecule has 0 bridgehead atoms. The molecule has 3 nitrogen and oxygen atoms in total. The van der Waals surface area contributed by atoms with E-state index < -0.39 is 0 Å². The van der Waals surface area contributed by atoms with E-state index >= 15 is 0 Å². The lowest BCUT2D eigenvalue weighted by atomic mass is 9.89. The maximum absolute atomic E-state index is 6.02. The SMILES string of the molecule is CC1OCCC1(CN)N1CCCCCC1. The molecule has 0 aliphatic carbocycles. The second-order valence-electron chi connectivity index (χ2n) is 4.97. The topological polar surface area (TPSA) is 38.5 Å². The van der Waals surface area contributed by atoms with E-state index in [1.807, 2.05) is 0 Å². The highest BCUT2D eigenvalue weighted by atomic mass is 16.5. The van der Waals surface area contributed by atoms with E-state index in [0.29, 0.717) is 6.10 Å². The molecule has 0 spiro atoms. The predicted octanol–water partition coefficient (Wildman–Crippen LogP) is 1.37. The van der Waals surface area contributed by atoms with Crippen molar-refractivity contribution >= 4 is 0 Å². The van der Waals surface area contributed by atoms with Crippen LogP contribution in [0.15, 0.2) is 0 Å². The number of rotatable bonds is 2. The van der Waals surface area contributed by atoms with Gasteiger partial charge in [-0.1, -0.05) is 12.8 Å². The lowest BCUT2D eigenvalue weighted by molar-refractivity contribution is 0.0160. The van der Waals surface area contributed by atoms with Gasteiger partial charge in [0.2, 0.25) is 0 Å². The van der Waals surface area contributed by atoms with Gasteiger partial charge >= 0.3 is 0 Å². The van der Waals surface area contributed by atoms with Gasteiger partial charge in [0.25, 0.3) is 0 Å². The van der Waals surface area contributed by atoms with Crippen LogP contribution in [0.25, 0.3) is 0 Å². The first kappa shape index (κ1) is 11.4. The molecule has 0 aromatic heterocycles. The Hall–Kier alpha value is -0.120. The zero-order valence-electron chi connectivity index (χ0n) is 9.87. The van der Waals surface area contributed by atoms with Gasteiger partial charge in [0, 0.05) is 13.2 Å². The molecule has 2 heterocycles. The molecule has 0 aromatic rings. The van der Waals surface area contributed by atoms with Crippen molar-refractivity contribution < 1.29 is 4.74 Å². The standard InChI is InChI=1S/C12H24N2O/c1-11-12(10-13,6-9-15-11)14-7-4-2-3-5-8-14/h11H,2-10,13H2,1H3. The van der Waals surface area contributed by atoms with Crippen LogP contribution in [0.5, 0.6) is 0 Å². The first-order chi connectivity index (χ1) is 7.29. The van der Waals surface area contributed by atoms with E-state index in [2.05, 4.69) is 11.8 Å². The molecule has 2 rings (SSSR count). The molecule has 15 heavy (non-hydrogen) atoms. The molecule has 2 atom stereocenters. The Morgan fingerprint density at radius 3 is 2.40 bits per heavy atom. The maximum Gasteiger partial charge on any atom is 0.0743 e. The third-order valence-corrected chi connectivity index (χ3v) is 4.25. The fourth-order valence-corrected chi connectivity index (χ4v) is 3.10. The van der Waals surface area contributed by atoms with Crippen LogP contribution in [-0.4, -0.2) is 42.8 Å². The molecule has 2 unspecified atom stereocenters. The Morgan fingerprint density at radius 1 is 1.27 bits per heavy atom. The summed E-state index contributed by atoms with van der Waals surface area (Å²) in [5.74, 6) is 0. The lowest BCUT2D eigenvalue weighted by Crippen LogP contribution is -2.58. The van der Waals surface area contributed by atoms with Crippen LogP contribution in [0.1, 0.15) is 39.0 Å². The molecule has 2 aliphatic rings. The van der Waals surface area contributed by atoms with Crippen LogP contribution >= 0.6 is 0 Å². The third-order valence-electron chi connectivity index (χ3n) is 4.25. The average molecular weight is 212 g/mol. The summed E-state index contributed by atoms with van der Waals surface area (Å²) in [5, 5.41) is 0. The minimum Gasteiger partial charge on any atom is -0.376 e. The Kier molecular flexibility index (Phi) is 3.65. The van der Waals surface area contributed by atoms with Crippen LogP contribution in [0.2, 0.25) is 0 Å². The average Bonchev–Trinajstić information content (AvgIpc) is 2.49. The highest BCUT2D eigenvalue weighted by Gasteiger charge is 2.44. The first-order valence-electron chi connectivity index (χ1n) is 6.36. The van der Waals surface area contributed by atoms with Gasteiger partial charge in [-0.05, 0) is 39.3 Å². The second-order valence-corrected chi connectivity index (χ2v) is 4.97. The van der Waals surface area contributed by atoms with Crippen molar-refractivity contribution in [3.63, 3.8) is 0 Å². The third kappa shape index (κ3) is 2.05. The van der Waals surface area contributed by atoms with Gasteiger partial charge in [0.1, 0.15) is 0 Å². The summed E-state index contributed by atoms with van der Waals surface area (Å²) in [6.45, 7) is 6.24.